The van der Waals surface area contributed by atoms with Crippen molar-refractivity contribution in [3.05, 3.63) is 161 Å². The quantitative estimate of drug-likeness (QED) is 0.240. The van der Waals surface area contributed by atoms with Crippen LogP contribution < -0.4 is 0 Å². The molecule has 0 N–H and O–H groups in total. The van der Waals surface area contributed by atoms with Crippen LogP contribution in [0.15, 0.2) is 127 Å². The normalized spacial score (nSPS) is 16.7. The first-order chi connectivity index (χ1) is 18.7. The number of rotatable bonds is 4. The second-order valence-electron chi connectivity index (χ2n) is 9.73. The van der Waals surface area contributed by atoms with E-state index in [-0.39, 0.29) is 11.2 Å². The number of halogens is 1. The van der Waals surface area contributed by atoms with Gasteiger partial charge in [-0.2, -0.15) is 4.98 Å². The maximum atomic E-state index is 6.44. The number of hydrogen-bond acceptors (Lipinski definition) is 3. The third-order valence-electron chi connectivity index (χ3n) is 7.65. The molecule has 7 rings (SSSR count). The number of benzene rings is 4. The van der Waals surface area contributed by atoms with Crippen molar-refractivity contribution < 1.29 is 0 Å². The third kappa shape index (κ3) is 3.54. The molecule has 0 aliphatic heterocycles. The minimum atomic E-state index is -0.471. The molecule has 1 unspecified atom stereocenters. The lowest BCUT2D eigenvalue weighted by molar-refractivity contribution is 0.759. The summed E-state index contributed by atoms with van der Waals surface area (Å²) in [5.74, 6) is 1.37. The van der Waals surface area contributed by atoms with Gasteiger partial charge in [0.1, 0.15) is 5.82 Å². The third-order valence-corrected chi connectivity index (χ3v) is 7.82. The van der Waals surface area contributed by atoms with Crippen LogP contribution in [0.5, 0.6) is 0 Å². The summed E-state index contributed by atoms with van der Waals surface area (Å²) >= 11 is 6.44. The first-order valence-corrected chi connectivity index (χ1v) is 13.2. The highest BCUT2D eigenvalue weighted by Crippen LogP contribution is 2.56. The first-order valence-electron chi connectivity index (χ1n) is 12.9. The SMILES string of the molecule is Clc1nc(-c2cccc(C3(c4ccccc4)c4ccccc4-c4ccccc43)c2)nc(C2C=CC=CC2)n1. The number of aromatic nitrogens is 3. The van der Waals surface area contributed by atoms with Gasteiger partial charge in [-0.3, -0.25) is 0 Å². The van der Waals surface area contributed by atoms with Crippen molar-refractivity contribution in [1.29, 1.82) is 0 Å². The molecule has 0 saturated carbocycles. The van der Waals surface area contributed by atoms with Gasteiger partial charge < -0.3 is 0 Å². The molecular weight excluding hydrogens is 486 g/mol. The van der Waals surface area contributed by atoms with E-state index in [0.717, 1.165) is 17.5 Å². The Hall–Kier alpha value is -4.34. The number of fused-ring (bicyclic) bond motifs is 3. The lowest BCUT2D eigenvalue weighted by atomic mass is 9.67. The van der Waals surface area contributed by atoms with Crippen LogP contribution in [0.4, 0.5) is 0 Å². The van der Waals surface area contributed by atoms with E-state index < -0.39 is 5.41 Å². The van der Waals surface area contributed by atoms with Gasteiger partial charge in [-0.15, -0.1) is 0 Å². The molecule has 38 heavy (non-hydrogen) atoms. The highest BCUT2D eigenvalue weighted by atomic mass is 35.5. The van der Waals surface area contributed by atoms with Gasteiger partial charge in [-0.25, -0.2) is 9.97 Å². The van der Waals surface area contributed by atoms with E-state index in [0.29, 0.717) is 11.6 Å². The van der Waals surface area contributed by atoms with Crippen molar-refractivity contribution in [3.8, 4) is 22.5 Å². The summed E-state index contributed by atoms with van der Waals surface area (Å²) in [6.45, 7) is 0. The van der Waals surface area contributed by atoms with Crippen molar-refractivity contribution in [3.63, 3.8) is 0 Å². The van der Waals surface area contributed by atoms with Gasteiger partial charge in [0.05, 0.1) is 5.41 Å². The fourth-order valence-electron chi connectivity index (χ4n) is 6.04. The Morgan fingerprint density at radius 2 is 1.34 bits per heavy atom. The van der Waals surface area contributed by atoms with E-state index in [4.69, 9.17) is 16.6 Å². The fourth-order valence-corrected chi connectivity index (χ4v) is 6.20. The Labute approximate surface area is 227 Å². The maximum Gasteiger partial charge on any atom is 0.226 e. The molecule has 3 nitrogen and oxygen atoms in total. The predicted octanol–water partition coefficient (Wildman–Crippen LogP) is 8.15. The van der Waals surface area contributed by atoms with Gasteiger partial charge in [0, 0.05) is 11.5 Å². The average molecular weight is 510 g/mol. The average Bonchev–Trinajstić information content (AvgIpc) is 3.29. The highest BCUT2D eigenvalue weighted by Gasteiger charge is 2.45. The Balaban J connectivity index is 1.46. The van der Waals surface area contributed by atoms with Crippen LogP contribution in [-0.4, -0.2) is 15.0 Å². The Morgan fingerprint density at radius 1 is 0.658 bits per heavy atom. The van der Waals surface area contributed by atoms with Crippen molar-refractivity contribution in [2.24, 2.45) is 0 Å². The van der Waals surface area contributed by atoms with Crippen LogP contribution in [0.25, 0.3) is 22.5 Å². The van der Waals surface area contributed by atoms with E-state index in [2.05, 4.69) is 125 Å². The largest absolute Gasteiger partial charge is 0.226 e. The molecule has 182 valence electrons. The maximum absolute atomic E-state index is 6.44. The summed E-state index contributed by atoms with van der Waals surface area (Å²) in [6, 6.07) is 36.9. The molecule has 5 aromatic rings. The summed E-state index contributed by atoms with van der Waals surface area (Å²) in [7, 11) is 0. The molecule has 0 bridgehead atoms. The van der Waals surface area contributed by atoms with Crippen molar-refractivity contribution >= 4 is 11.6 Å². The Morgan fingerprint density at radius 3 is 2.05 bits per heavy atom. The van der Waals surface area contributed by atoms with Crippen LogP contribution in [-0.2, 0) is 5.41 Å². The minimum Gasteiger partial charge on any atom is -0.212 e. The molecule has 1 aromatic heterocycles. The lowest BCUT2D eigenvalue weighted by Gasteiger charge is -2.34. The van der Waals surface area contributed by atoms with Crippen molar-refractivity contribution in [1.82, 2.24) is 15.0 Å². The van der Waals surface area contributed by atoms with Gasteiger partial charge in [0.15, 0.2) is 5.82 Å². The molecule has 4 heteroatoms. The Bertz CT molecular complexity index is 1680. The molecule has 4 aromatic carbocycles. The van der Waals surface area contributed by atoms with Gasteiger partial charge in [0.25, 0.3) is 0 Å². The minimum absolute atomic E-state index is 0.0895. The molecular formula is C34H24ClN3. The molecule has 2 aliphatic carbocycles. The standard InChI is InChI=1S/C34H24ClN3/c35-33-37-31(23-12-3-1-4-13-23)36-32(38-33)24-14-11-17-26(22-24)34(25-15-5-2-6-16-25)29-20-9-7-18-27(29)28-19-8-10-21-30(28)34/h1-12,14-23H,13H2. The topological polar surface area (TPSA) is 38.7 Å². The zero-order chi connectivity index (χ0) is 25.5. The smallest absolute Gasteiger partial charge is 0.212 e. The summed E-state index contributed by atoms with van der Waals surface area (Å²) in [5, 5.41) is 0.215. The van der Waals surface area contributed by atoms with Crippen LogP contribution in [0, 0.1) is 0 Å². The van der Waals surface area contributed by atoms with Gasteiger partial charge >= 0.3 is 0 Å². The van der Waals surface area contributed by atoms with E-state index in [1.165, 1.54) is 27.8 Å². The van der Waals surface area contributed by atoms with Crippen LogP contribution in [0.2, 0.25) is 5.28 Å². The van der Waals surface area contributed by atoms with E-state index in [9.17, 15) is 0 Å². The predicted molar refractivity (Wildman–Crippen MR) is 153 cm³/mol. The van der Waals surface area contributed by atoms with E-state index in [1.54, 1.807) is 0 Å². The lowest BCUT2D eigenvalue weighted by Crippen LogP contribution is -2.28. The first kappa shape index (κ1) is 22.8. The second kappa shape index (κ2) is 9.20. The van der Waals surface area contributed by atoms with Crippen molar-refractivity contribution in [2.75, 3.05) is 0 Å². The molecule has 1 atom stereocenters. The van der Waals surface area contributed by atoms with Gasteiger partial charge in [0.2, 0.25) is 5.28 Å². The molecule has 0 amide bonds. The van der Waals surface area contributed by atoms with Crippen LogP contribution >= 0.6 is 11.6 Å². The molecule has 0 spiro atoms. The summed E-state index contributed by atoms with van der Waals surface area (Å²) < 4.78 is 0. The number of hydrogen-bond donors (Lipinski definition) is 0. The highest BCUT2D eigenvalue weighted by molar-refractivity contribution is 6.28. The molecule has 0 saturated heterocycles. The van der Waals surface area contributed by atoms with Crippen LogP contribution in [0.1, 0.15) is 40.4 Å². The number of allylic oxidation sites excluding steroid dienone is 4. The van der Waals surface area contributed by atoms with Gasteiger partial charge in [-0.1, -0.05) is 121 Å². The zero-order valence-electron chi connectivity index (χ0n) is 20.6. The number of nitrogens with zero attached hydrogens (tertiary/aromatic N) is 3. The summed E-state index contributed by atoms with van der Waals surface area (Å²) in [6.07, 6.45) is 9.17. The van der Waals surface area contributed by atoms with Gasteiger partial charge in [-0.05, 0) is 57.5 Å². The second-order valence-corrected chi connectivity index (χ2v) is 10.1. The van der Waals surface area contributed by atoms with E-state index >= 15 is 0 Å². The Kier molecular flexibility index (Phi) is 5.52. The van der Waals surface area contributed by atoms with E-state index in [1.807, 2.05) is 12.2 Å². The molecule has 1 heterocycles. The fraction of sp³-hybridized carbons (Fsp3) is 0.0882. The summed E-state index contributed by atoms with van der Waals surface area (Å²) in [4.78, 5) is 13.9. The van der Waals surface area contributed by atoms with Crippen LogP contribution in [0.3, 0.4) is 0 Å². The monoisotopic (exact) mass is 509 g/mol. The molecule has 0 fully saturated rings. The zero-order valence-corrected chi connectivity index (χ0v) is 21.4. The summed E-state index contributed by atoms with van der Waals surface area (Å²) in [5.41, 5.74) is 7.91. The molecule has 2 aliphatic rings. The molecule has 0 radical (unpaired) electrons. The van der Waals surface area contributed by atoms with Crippen molar-refractivity contribution in [2.45, 2.75) is 17.8 Å².